The van der Waals surface area contributed by atoms with Crippen LogP contribution in [-0.2, 0) is 11.3 Å². The lowest BCUT2D eigenvalue weighted by Crippen LogP contribution is -2.34. The number of nitrogen functional groups attached to an aromatic ring is 1. The van der Waals surface area contributed by atoms with Gasteiger partial charge in [-0.05, 0) is 43.2 Å². The van der Waals surface area contributed by atoms with Crippen LogP contribution >= 0.6 is 0 Å². The largest absolute Gasteiger partial charge is 0.444 e. The van der Waals surface area contributed by atoms with Crippen molar-refractivity contribution >= 4 is 29.2 Å². The molecule has 180 valence electrons. The highest BCUT2D eigenvalue weighted by Crippen LogP contribution is 2.41. The van der Waals surface area contributed by atoms with Crippen molar-refractivity contribution in [3.8, 4) is 0 Å². The third-order valence-electron chi connectivity index (χ3n) is 6.76. The molecule has 1 aromatic carbocycles. The van der Waals surface area contributed by atoms with E-state index >= 15 is 0 Å². The number of hydrogen-bond donors (Lipinski definition) is 2. The molecule has 2 fully saturated rings. The molecule has 2 aromatic heterocycles. The fourth-order valence-electron chi connectivity index (χ4n) is 4.79. The molecule has 0 radical (unpaired) electrons. The first-order chi connectivity index (χ1) is 17.0. The van der Waals surface area contributed by atoms with Gasteiger partial charge < -0.3 is 25.6 Å². The zero-order valence-electron chi connectivity index (χ0n) is 19.4. The van der Waals surface area contributed by atoms with Crippen LogP contribution < -0.4 is 16.0 Å². The summed E-state index contributed by atoms with van der Waals surface area (Å²) in [6.45, 7) is 3.27. The van der Waals surface area contributed by atoms with Gasteiger partial charge in [-0.3, -0.25) is 9.78 Å². The number of nitrogens with two attached hydrogens (primary N) is 1. The molecule has 0 saturated carbocycles. The molecular formula is C26H28N6O3. The van der Waals surface area contributed by atoms with Gasteiger partial charge in [-0.2, -0.15) is 0 Å². The Morgan fingerprint density at radius 1 is 1.03 bits per heavy atom. The van der Waals surface area contributed by atoms with E-state index in [2.05, 4.69) is 20.2 Å². The summed E-state index contributed by atoms with van der Waals surface area (Å²) in [6, 6.07) is 14.5. The molecule has 4 heterocycles. The topological polar surface area (TPSA) is 114 Å². The van der Waals surface area contributed by atoms with Gasteiger partial charge in [-0.15, -0.1) is 0 Å². The van der Waals surface area contributed by atoms with Crippen LogP contribution in [0.4, 0.5) is 22.0 Å². The van der Waals surface area contributed by atoms with Crippen LogP contribution in [0.2, 0.25) is 0 Å². The lowest BCUT2D eigenvalue weighted by atomic mass is 9.86. The summed E-state index contributed by atoms with van der Waals surface area (Å²) >= 11 is 0. The maximum Gasteiger partial charge on any atom is 0.410 e. The Morgan fingerprint density at radius 3 is 2.66 bits per heavy atom. The van der Waals surface area contributed by atoms with Crippen LogP contribution in [0.25, 0.3) is 0 Å². The third kappa shape index (κ3) is 5.03. The second-order valence-electron chi connectivity index (χ2n) is 9.21. The second-order valence-corrected chi connectivity index (χ2v) is 9.21. The van der Waals surface area contributed by atoms with Crippen LogP contribution in [0, 0.1) is 5.41 Å². The summed E-state index contributed by atoms with van der Waals surface area (Å²) in [5.74, 6) is 0.575. The number of ether oxygens (including phenoxy) is 1. The van der Waals surface area contributed by atoms with Gasteiger partial charge in [-0.25, -0.2) is 9.78 Å². The number of nitrogens with zero attached hydrogens (tertiary/aromatic N) is 4. The highest BCUT2D eigenvalue weighted by atomic mass is 16.6. The minimum absolute atomic E-state index is 0.0376. The zero-order valence-corrected chi connectivity index (χ0v) is 19.4. The summed E-state index contributed by atoms with van der Waals surface area (Å²) in [4.78, 5) is 37.8. The highest BCUT2D eigenvalue weighted by molar-refractivity contribution is 6.05. The molecule has 1 atom stereocenters. The molecule has 9 nitrogen and oxygen atoms in total. The van der Waals surface area contributed by atoms with Gasteiger partial charge in [0.25, 0.3) is 5.91 Å². The number of carbonyl (C=O) groups is 2. The highest BCUT2D eigenvalue weighted by Gasteiger charge is 2.45. The second kappa shape index (κ2) is 9.61. The van der Waals surface area contributed by atoms with E-state index in [0.717, 1.165) is 37.3 Å². The molecule has 3 N–H and O–H groups in total. The Bertz CT molecular complexity index is 1200. The number of hydrogen-bond acceptors (Lipinski definition) is 7. The summed E-state index contributed by atoms with van der Waals surface area (Å²) in [5, 5.41) is 2.82. The molecule has 0 bridgehead atoms. The van der Waals surface area contributed by atoms with E-state index in [9.17, 15) is 9.59 Å². The van der Waals surface area contributed by atoms with Crippen molar-refractivity contribution in [2.75, 3.05) is 42.1 Å². The monoisotopic (exact) mass is 472 g/mol. The van der Waals surface area contributed by atoms with Gasteiger partial charge in [0.05, 0.1) is 16.9 Å². The van der Waals surface area contributed by atoms with Crippen LogP contribution in [0.3, 0.4) is 0 Å². The number of likely N-dealkylation sites (tertiary alicyclic amines) is 1. The van der Waals surface area contributed by atoms with Crippen molar-refractivity contribution in [3.63, 3.8) is 0 Å². The molecule has 0 aliphatic carbocycles. The Morgan fingerprint density at radius 2 is 1.89 bits per heavy atom. The van der Waals surface area contributed by atoms with Crippen molar-refractivity contribution in [3.05, 3.63) is 78.2 Å². The number of carbonyl (C=O) groups excluding carboxylic acids is 2. The Hall–Kier alpha value is -4.14. The van der Waals surface area contributed by atoms with Crippen LogP contribution in [-0.4, -0.2) is 53.0 Å². The third-order valence-corrected chi connectivity index (χ3v) is 6.76. The number of amides is 2. The first-order valence-electron chi connectivity index (χ1n) is 11.7. The van der Waals surface area contributed by atoms with E-state index in [-0.39, 0.29) is 24.0 Å². The van der Waals surface area contributed by atoms with Gasteiger partial charge >= 0.3 is 6.09 Å². The Labute approximate surface area is 203 Å². The van der Waals surface area contributed by atoms with E-state index in [0.29, 0.717) is 30.0 Å². The smallest absolute Gasteiger partial charge is 0.410 e. The molecule has 2 amide bonds. The number of pyridine rings is 2. The van der Waals surface area contributed by atoms with E-state index in [1.54, 1.807) is 41.7 Å². The van der Waals surface area contributed by atoms with Crippen molar-refractivity contribution in [1.82, 2.24) is 14.9 Å². The van der Waals surface area contributed by atoms with Crippen LogP contribution in [0.5, 0.6) is 0 Å². The molecule has 2 aliphatic rings. The number of nitrogens with one attached hydrogen (secondary N) is 1. The fraction of sp³-hybridized carbons (Fsp3) is 0.308. The minimum Gasteiger partial charge on any atom is -0.444 e. The van der Waals surface area contributed by atoms with E-state index < -0.39 is 0 Å². The zero-order chi connectivity index (χ0) is 24.3. The predicted octanol–water partition coefficient (Wildman–Crippen LogP) is 3.55. The summed E-state index contributed by atoms with van der Waals surface area (Å²) < 4.78 is 5.49. The molecule has 9 heteroatoms. The normalized spacial score (nSPS) is 19.2. The molecule has 2 aliphatic heterocycles. The molecule has 2 saturated heterocycles. The minimum atomic E-state index is -0.281. The molecule has 35 heavy (non-hydrogen) atoms. The first-order valence-corrected chi connectivity index (χ1v) is 11.7. The molecule has 3 aromatic rings. The van der Waals surface area contributed by atoms with Gasteiger partial charge in [0.1, 0.15) is 12.4 Å². The maximum atomic E-state index is 12.6. The van der Waals surface area contributed by atoms with E-state index in [1.807, 2.05) is 30.3 Å². The maximum absolute atomic E-state index is 12.6. The van der Waals surface area contributed by atoms with Crippen molar-refractivity contribution in [1.29, 1.82) is 0 Å². The lowest BCUT2D eigenvalue weighted by molar-refractivity contribution is 0.100. The van der Waals surface area contributed by atoms with Gasteiger partial charge in [-0.1, -0.05) is 18.2 Å². The van der Waals surface area contributed by atoms with Gasteiger partial charge in [0, 0.05) is 55.7 Å². The van der Waals surface area contributed by atoms with Gasteiger partial charge in [0.15, 0.2) is 0 Å². The van der Waals surface area contributed by atoms with E-state index in [4.69, 9.17) is 10.5 Å². The number of rotatable bonds is 5. The van der Waals surface area contributed by atoms with Crippen molar-refractivity contribution < 1.29 is 14.3 Å². The first kappa shape index (κ1) is 22.6. The fourth-order valence-corrected chi connectivity index (χ4v) is 4.79. The van der Waals surface area contributed by atoms with E-state index in [1.165, 1.54) is 0 Å². The number of benzene rings is 1. The Kier molecular flexibility index (Phi) is 6.22. The van der Waals surface area contributed by atoms with Crippen molar-refractivity contribution in [2.45, 2.75) is 19.4 Å². The molecular weight excluding hydrogens is 444 g/mol. The number of aromatic nitrogens is 2. The van der Waals surface area contributed by atoms with Crippen LogP contribution in [0.1, 0.15) is 28.8 Å². The van der Waals surface area contributed by atoms with Gasteiger partial charge in [0.2, 0.25) is 0 Å². The molecule has 1 spiro atoms. The standard InChI is InChI=1S/C26H28N6O3/c27-21-5-1-2-6-22(21)30-24(33)20-7-8-23(29-15-20)31-12-9-26(17-31)10-13-32(18-26)25(34)35-16-19-4-3-11-28-14-19/h1-8,11,14-15H,9-10,12-13,16-18,27H2,(H,30,33)/t26-/m0/s1. The summed E-state index contributed by atoms with van der Waals surface area (Å²) in [6.07, 6.45) is 6.62. The summed E-state index contributed by atoms with van der Waals surface area (Å²) in [7, 11) is 0. The SMILES string of the molecule is Nc1ccccc1NC(=O)c1ccc(N2CC[C@]3(CCN(C(=O)OCc4cccnc4)C3)C2)nc1. The lowest BCUT2D eigenvalue weighted by Gasteiger charge is -2.25. The van der Waals surface area contributed by atoms with Crippen LogP contribution in [0.15, 0.2) is 67.1 Å². The predicted molar refractivity (Wildman–Crippen MR) is 133 cm³/mol. The average Bonchev–Trinajstić information content (AvgIpc) is 3.51. The summed E-state index contributed by atoms with van der Waals surface area (Å²) in [5.41, 5.74) is 8.38. The molecule has 5 rings (SSSR count). The van der Waals surface area contributed by atoms with Crippen molar-refractivity contribution in [2.24, 2.45) is 5.41 Å². The average molecular weight is 473 g/mol. The number of anilines is 3. The molecule has 0 unspecified atom stereocenters. The number of para-hydroxylation sites is 2. The Balaban J connectivity index is 1.15. The quantitative estimate of drug-likeness (QED) is 0.546.